The predicted octanol–water partition coefficient (Wildman–Crippen LogP) is 3.78. The van der Waals surface area contributed by atoms with Crippen LogP contribution in [0.1, 0.15) is 43.0 Å². The summed E-state index contributed by atoms with van der Waals surface area (Å²) in [5.41, 5.74) is 2.32. The Morgan fingerprint density at radius 1 is 1.21 bits per heavy atom. The van der Waals surface area contributed by atoms with E-state index in [9.17, 15) is 14.7 Å². The molecular formula is C27H32N2O5. The van der Waals surface area contributed by atoms with Crippen LogP contribution in [-0.4, -0.2) is 66.5 Å². The molecule has 0 aromatic heterocycles. The van der Waals surface area contributed by atoms with Crippen LogP contribution < -0.4 is 9.47 Å². The molecule has 2 aromatic carbocycles. The van der Waals surface area contributed by atoms with Crippen molar-refractivity contribution in [1.29, 1.82) is 0 Å². The highest BCUT2D eigenvalue weighted by atomic mass is 16.5. The number of likely N-dealkylation sites (tertiary alicyclic amines) is 1. The number of amides is 1. The van der Waals surface area contributed by atoms with Crippen LogP contribution >= 0.6 is 0 Å². The van der Waals surface area contributed by atoms with E-state index < -0.39 is 17.7 Å². The molecule has 1 N–H and O–H groups in total. The van der Waals surface area contributed by atoms with Crippen molar-refractivity contribution < 1.29 is 24.2 Å². The number of ether oxygens (including phenoxy) is 2. The SMILES string of the molecule is CCOc1cccc([C@@H]2/C(=C(\O)c3ccc4c(c3)C[C@@H](C)O4)C(=O)C(=O)N2CCCN(C)C)c1. The van der Waals surface area contributed by atoms with Gasteiger partial charge in [0, 0.05) is 18.5 Å². The van der Waals surface area contributed by atoms with Gasteiger partial charge < -0.3 is 24.4 Å². The lowest BCUT2D eigenvalue weighted by Crippen LogP contribution is -2.32. The van der Waals surface area contributed by atoms with Gasteiger partial charge in [0.1, 0.15) is 23.4 Å². The summed E-state index contributed by atoms with van der Waals surface area (Å²) in [5.74, 6) is 0.0174. The van der Waals surface area contributed by atoms with Crippen LogP contribution in [0, 0.1) is 0 Å². The number of carbonyl (C=O) groups is 2. The Morgan fingerprint density at radius 3 is 2.74 bits per heavy atom. The number of rotatable bonds is 8. The van der Waals surface area contributed by atoms with E-state index in [4.69, 9.17) is 9.47 Å². The van der Waals surface area contributed by atoms with Crippen LogP contribution in [0.3, 0.4) is 0 Å². The fourth-order valence-corrected chi connectivity index (χ4v) is 4.68. The Bertz CT molecular complexity index is 1120. The topological polar surface area (TPSA) is 79.3 Å². The summed E-state index contributed by atoms with van der Waals surface area (Å²) in [5, 5.41) is 11.3. The minimum atomic E-state index is -0.689. The van der Waals surface area contributed by atoms with Crippen molar-refractivity contribution in [1.82, 2.24) is 9.80 Å². The number of aliphatic hydroxyl groups excluding tert-OH is 1. The Hall–Kier alpha value is -3.32. The first-order valence-electron chi connectivity index (χ1n) is 11.8. The monoisotopic (exact) mass is 464 g/mol. The summed E-state index contributed by atoms with van der Waals surface area (Å²) in [6.45, 7) is 5.57. The van der Waals surface area contributed by atoms with Gasteiger partial charge in [-0.1, -0.05) is 12.1 Å². The highest BCUT2D eigenvalue weighted by Gasteiger charge is 2.46. The number of fused-ring (bicyclic) bond motifs is 1. The van der Waals surface area contributed by atoms with Crippen molar-refractivity contribution >= 4 is 17.4 Å². The van der Waals surface area contributed by atoms with E-state index in [2.05, 4.69) is 0 Å². The molecule has 2 atom stereocenters. The molecule has 7 nitrogen and oxygen atoms in total. The van der Waals surface area contributed by atoms with Gasteiger partial charge in [0.05, 0.1) is 18.2 Å². The lowest BCUT2D eigenvalue weighted by Gasteiger charge is -2.26. The number of hydrogen-bond acceptors (Lipinski definition) is 6. The maximum absolute atomic E-state index is 13.2. The number of benzene rings is 2. The number of ketones is 1. The van der Waals surface area contributed by atoms with Crippen LogP contribution in [0.4, 0.5) is 0 Å². The van der Waals surface area contributed by atoms with Crippen LogP contribution in [0.5, 0.6) is 11.5 Å². The number of Topliss-reactive ketones (excluding diaryl/α,β-unsaturated/α-hetero) is 1. The number of nitrogens with zero attached hydrogens (tertiary/aromatic N) is 2. The van der Waals surface area contributed by atoms with Crippen LogP contribution in [0.15, 0.2) is 48.0 Å². The fraction of sp³-hybridized carbons (Fsp3) is 0.407. The largest absolute Gasteiger partial charge is 0.507 e. The molecule has 0 aliphatic carbocycles. The molecule has 2 aliphatic rings. The molecule has 0 radical (unpaired) electrons. The maximum Gasteiger partial charge on any atom is 0.295 e. The zero-order valence-electron chi connectivity index (χ0n) is 20.2. The van der Waals surface area contributed by atoms with Crippen molar-refractivity contribution in [3.8, 4) is 11.5 Å². The zero-order valence-corrected chi connectivity index (χ0v) is 20.2. The Labute approximate surface area is 200 Å². The second-order valence-electron chi connectivity index (χ2n) is 9.11. The number of carbonyl (C=O) groups excluding carboxylic acids is 2. The molecule has 180 valence electrons. The van der Waals surface area contributed by atoms with Gasteiger partial charge in [-0.3, -0.25) is 9.59 Å². The fourth-order valence-electron chi connectivity index (χ4n) is 4.68. The van der Waals surface area contributed by atoms with E-state index >= 15 is 0 Å². The van der Waals surface area contributed by atoms with Crippen molar-refractivity contribution in [2.75, 3.05) is 33.8 Å². The van der Waals surface area contributed by atoms with Gasteiger partial charge in [-0.2, -0.15) is 0 Å². The summed E-state index contributed by atoms with van der Waals surface area (Å²) in [6.07, 6.45) is 1.50. The first-order chi connectivity index (χ1) is 16.3. The Balaban J connectivity index is 1.79. The first-order valence-corrected chi connectivity index (χ1v) is 11.8. The second-order valence-corrected chi connectivity index (χ2v) is 9.11. The van der Waals surface area contributed by atoms with Gasteiger partial charge in [0.25, 0.3) is 11.7 Å². The molecule has 1 saturated heterocycles. The molecule has 2 heterocycles. The van der Waals surface area contributed by atoms with E-state index in [1.807, 2.05) is 69.2 Å². The van der Waals surface area contributed by atoms with Gasteiger partial charge in [-0.05, 0) is 82.4 Å². The molecule has 0 unspecified atom stereocenters. The maximum atomic E-state index is 13.2. The van der Waals surface area contributed by atoms with Gasteiger partial charge in [-0.15, -0.1) is 0 Å². The summed E-state index contributed by atoms with van der Waals surface area (Å²) in [7, 11) is 3.94. The smallest absolute Gasteiger partial charge is 0.295 e. The quantitative estimate of drug-likeness (QED) is 0.364. The minimum Gasteiger partial charge on any atom is -0.507 e. The van der Waals surface area contributed by atoms with Crippen molar-refractivity contribution in [3.63, 3.8) is 0 Å². The normalized spacial score (nSPS) is 21.1. The lowest BCUT2D eigenvalue weighted by molar-refractivity contribution is -0.139. The molecule has 0 saturated carbocycles. The standard InChI is InChI=1S/C27H32N2O5/c1-5-33-21-9-6-8-18(16-21)24-23(26(31)27(32)29(24)13-7-12-28(3)4)25(30)19-10-11-22-20(15-19)14-17(2)34-22/h6,8-11,15-17,24,30H,5,7,12-14H2,1-4H3/b25-23+/t17-,24-/m1/s1. The second kappa shape index (κ2) is 9.89. The first kappa shape index (κ1) is 23.8. The average molecular weight is 465 g/mol. The number of aliphatic hydroxyl groups is 1. The highest BCUT2D eigenvalue weighted by molar-refractivity contribution is 6.46. The van der Waals surface area contributed by atoms with Crippen molar-refractivity contribution in [3.05, 3.63) is 64.7 Å². The summed E-state index contributed by atoms with van der Waals surface area (Å²) >= 11 is 0. The molecule has 0 spiro atoms. The Kier molecular flexibility index (Phi) is 6.93. The van der Waals surface area contributed by atoms with Gasteiger partial charge in [-0.25, -0.2) is 0 Å². The third-order valence-electron chi connectivity index (χ3n) is 6.20. The van der Waals surface area contributed by atoms with E-state index in [0.29, 0.717) is 30.9 Å². The minimum absolute atomic E-state index is 0.0657. The molecule has 7 heteroatoms. The van der Waals surface area contributed by atoms with Crippen LogP contribution in [0.25, 0.3) is 5.76 Å². The zero-order chi connectivity index (χ0) is 24.4. The summed E-state index contributed by atoms with van der Waals surface area (Å²) in [4.78, 5) is 30.0. The molecule has 4 rings (SSSR count). The summed E-state index contributed by atoms with van der Waals surface area (Å²) in [6, 6.07) is 12.1. The van der Waals surface area contributed by atoms with E-state index in [-0.39, 0.29) is 17.4 Å². The third kappa shape index (κ3) is 4.66. The molecule has 34 heavy (non-hydrogen) atoms. The van der Waals surface area contributed by atoms with E-state index in [0.717, 1.165) is 29.8 Å². The average Bonchev–Trinajstić information content (AvgIpc) is 3.29. The Morgan fingerprint density at radius 2 is 2.00 bits per heavy atom. The van der Waals surface area contributed by atoms with Crippen LogP contribution in [0.2, 0.25) is 0 Å². The van der Waals surface area contributed by atoms with E-state index in [1.165, 1.54) is 0 Å². The van der Waals surface area contributed by atoms with Crippen LogP contribution in [-0.2, 0) is 16.0 Å². The number of hydrogen-bond donors (Lipinski definition) is 1. The van der Waals surface area contributed by atoms with Crippen molar-refractivity contribution in [2.24, 2.45) is 0 Å². The molecular weight excluding hydrogens is 432 g/mol. The highest BCUT2D eigenvalue weighted by Crippen LogP contribution is 2.41. The lowest BCUT2D eigenvalue weighted by atomic mass is 9.94. The van der Waals surface area contributed by atoms with Gasteiger partial charge in [0.2, 0.25) is 0 Å². The summed E-state index contributed by atoms with van der Waals surface area (Å²) < 4.78 is 11.4. The predicted molar refractivity (Wildman–Crippen MR) is 130 cm³/mol. The molecule has 2 aromatic rings. The molecule has 1 fully saturated rings. The van der Waals surface area contributed by atoms with Gasteiger partial charge >= 0.3 is 0 Å². The van der Waals surface area contributed by atoms with Crippen molar-refractivity contribution in [2.45, 2.75) is 38.8 Å². The van der Waals surface area contributed by atoms with Gasteiger partial charge in [0.15, 0.2) is 0 Å². The van der Waals surface area contributed by atoms with E-state index in [1.54, 1.807) is 11.0 Å². The molecule has 2 aliphatic heterocycles. The molecule has 0 bridgehead atoms. The third-order valence-corrected chi connectivity index (χ3v) is 6.20. The molecule has 1 amide bonds.